The maximum absolute atomic E-state index is 12.3. The Morgan fingerprint density at radius 2 is 2.14 bits per heavy atom. The highest BCUT2D eigenvalue weighted by molar-refractivity contribution is 5.78. The number of likely N-dealkylation sites (tertiary alicyclic amines) is 1. The van der Waals surface area contributed by atoms with Gasteiger partial charge in [-0.3, -0.25) is 4.79 Å². The van der Waals surface area contributed by atoms with E-state index in [1.54, 1.807) is 6.07 Å². The van der Waals surface area contributed by atoms with E-state index in [-0.39, 0.29) is 24.5 Å². The van der Waals surface area contributed by atoms with E-state index in [0.29, 0.717) is 25.5 Å². The van der Waals surface area contributed by atoms with E-state index in [2.05, 4.69) is 5.16 Å². The molecule has 2 amide bonds. The van der Waals surface area contributed by atoms with E-state index < -0.39 is 0 Å². The average Bonchev–Trinajstić information content (AvgIpc) is 2.93. The first kappa shape index (κ1) is 14.9. The summed E-state index contributed by atoms with van der Waals surface area (Å²) in [5, 5.41) is 3.79. The van der Waals surface area contributed by atoms with Crippen molar-refractivity contribution in [2.45, 2.75) is 38.6 Å². The minimum Gasteiger partial charge on any atom is -0.449 e. The smallest absolute Gasteiger partial charge is 0.410 e. The highest BCUT2D eigenvalue weighted by atomic mass is 16.6. The predicted octanol–water partition coefficient (Wildman–Crippen LogP) is 1.36. The Labute approximate surface area is 129 Å². The third-order valence-electron chi connectivity index (χ3n) is 4.26. The fourth-order valence-electron chi connectivity index (χ4n) is 3.09. The third kappa shape index (κ3) is 3.23. The van der Waals surface area contributed by atoms with Crippen LogP contribution in [-0.4, -0.2) is 59.2 Å². The molecule has 7 heteroatoms. The topological polar surface area (TPSA) is 75.9 Å². The number of hydrogen-bond donors (Lipinski definition) is 0. The fraction of sp³-hybridized carbons (Fsp3) is 0.667. The molecule has 3 heterocycles. The molecular formula is C15H21N3O4. The lowest BCUT2D eigenvalue weighted by Crippen LogP contribution is -2.51. The van der Waals surface area contributed by atoms with Crippen LogP contribution in [-0.2, 0) is 16.0 Å². The van der Waals surface area contributed by atoms with E-state index in [0.717, 1.165) is 31.5 Å². The number of carbonyl (C=O) groups is 2. The number of aromatic nitrogens is 1. The zero-order chi connectivity index (χ0) is 15.5. The molecule has 22 heavy (non-hydrogen) atoms. The van der Waals surface area contributed by atoms with Crippen molar-refractivity contribution in [1.29, 1.82) is 0 Å². The van der Waals surface area contributed by atoms with Crippen molar-refractivity contribution in [3.05, 3.63) is 17.5 Å². The SMILES string of the molecule is Cc1cc(CC(=O)N2CCC(N3CCCOC3=O)CC2)on1. The number of hydrogen-bond acceptors (Lipinski definition) is 5. The molecular weight excluding hydrogens is 286 g/mol. The summed E-state index contributed by atoms with van der Waals surface area (Å²) in [6.45, 7) is 4.44. The van der Waals surface area contributed by atoms with Crippen molar-refractivity contribution >= 4 is 12.0 Å². The van der Waals surface area contributed by atoms with Gasteiger partial charge < -0.3 is 19.1 Å². The van der Waals surface area contributed by atoms with Crippen LogP contribution in [0.5, 0.6) is 0 Å². The van der Waals surface area contributed by atoms with Crippen LogP contribution in [0.25, 0.3) is 0 Å². The second-order valence-electron chi connectivity index (χ2n) is 5.88. The van der Waals surface area contributed by atoms with Gasteiger partial charge in [0.25, 0.3) is 0 Å². The summed E-state index contributed by atoms with van der Waals surface area (Å²) < 4.78 is 10.2. The largest absolute Gasteiger partial charge is 0.449 e. The summed E-state index contributed by atoms with van der Waals surface area (Å²) in [7, 11) is 0. The van der Waals surface area contributed by atoms with Crippen molar-refractivity contribution in [2.75, 3.05) is 26.2 Å². The van der Waals surface area contributed by atoms with Gasteiger partial charge in [-0.15, -0.1) is 0 Å². The van der Waals surface area contributed by atoms with Gasteiger partial charge in [0.05, 0.1) is 18.7 Å². The molecule has 2 fully saturated rings. The molecule has 1 aromatic heterocycles. The summed E-state index contributed by atoms with van der Waals surface area (Å²) in [5.41, 5.74) is 0.783. The molecule has 120 valence electrons. The van der Waals surface area contributed by atoms with Crippen molar-refractivity contribution in [3.63, 3.8) is 0 Å². The van der Waals surface area contributed by atoms with Crippen LogP contribution in [0.3, 0.4) is 0 Å². The molecule has 3 rings (SSSR count). The Morgan fingerprint density at radius 3 is 2.77 bits per heavy atom. The molecule has 1 aromatic rings. The van der Waals surface area contributed by atoms with Crippen LogP contribution in [0.15, 0.2) is 10.6 Å². The first-order valence-electron chi connectivity index (χ1n) is 7.77. The molecule has 0 radical (unpaired) electrons. The average molecular weight is 307 g/mol. The minimum absolute atomic E-state index is 0.0517. The molecule has 0 bridgehead atoms. The second-order valence-corrected chi connectivity index (χ2v) is 5.88. The number of aryl methyl sites for hydroxylation is 1. The first-order chi connectivity index (χ1) is 10.6. The quantitative estimate of drug-likeness (QED) is 0.842. The van der Waals surface area contributed by atoms with E-state index in [1.807, 2.05) is 16.7 Å². The lowest BCUT2D eigenvalue weighted by atomic mass is 10.0. The molecule has 7 nitrogen and oxygen atoms in total. The number of piperidine rings is 1. The van der Waals surface area contributed by atoms with E-state index >= 15 is 0 Å². The Hall–Kier alpha value is -2.05. The number of cyclic esters (lactones) is 1. The monoisotopic (exact) mass is 307 g/mol. The molecule has 0 saturated carbocycles. The second kappa shape index (κ2) is 6.37. The van der Waals surface area contributed by atoms with Gasteiger partial charge in [-0.1, -0.05) is 5.16 Å². The van der Waals surface area contributed by atoms with E-state index in [9.17, 15) is 9.59 Å². The summed E-state index contributed by atoms with van der Waals surface area (Å²) in [6.07, 6.45) is 2.52. The lowest BCUT2D eigenvalue weighted by Gasteiger charge is -2.39. The third-order valence-corrected chi connectivity index (χ3v) is 4.26. The molecule has 0 spiro atoms. The zero-order valence-electron chi connectivity index (χ0n) is 12.8. The first-order valence-corrected chi connectivity index (χ1v) is 7.77. The molecule has 0 aromatic carbocycles. The summed E-state index contributed by atoms with van der Waals surface area (Å²) >= 11 is 0. The van der Waals surface area contributed by atoms with Crippen molar-refractivity contribution in [2.24, 2.45) is 0 Å². The zero-order valence-corrected chi connectivity index (χ0v) is 12.8. The van der Waals surface area contributed by atoms with Crippen LogP contribution in [0.2, 0.25) is 0 Å². The number of amides is 2. The van der Waals surface area contributed by atoms with E-state index in [1.165, 1.54) is 0 Å². The number of carbonyl (C=O) groups excluding carboxylic acids is 2. The molecule has 0 atom stereocenters. The Balaban J connectivity index is 1.50. The predicted molar refractivity (Wildman–Crippen MR) is 77.2 cm³/mol. The van der Waals surface area contributed by atoms with Crippen molar-refractivity contribution in [1.82, 2.24) is 15.0 Å². The van der Waals surface area contributed by atoms with Gasteiger partial charge in [0.15, 0.2) is 0 Å². The van der Waals surface area contributed by atoms with Crippen LogP contribution >= 0.6 is 0 Å². The normalized spacial score (nSPS) is 20.1. The molecule has 0 aliphatic carbocycles. The molecule has 2 aliphatic rings. The van der Waals surface area contributed by atoms with Crippen molar-refractivity contribution < 1.29 is 18.8 Å². The van der Waals surface area contributed by atoms with Gasteiger partial charge in [-0.05, 0) is 26.2 Å². The molecule has 0 N–H and O–H groups in total. The van der Waals surface area contributed by atoms with Crippen molar-refractivity contribution in [3.8, 4) is 0 Å². The molecule has 2 aliphatic heterocycles. The van der Waals surface area contributed by atoms with Gasteiger partial charge in [0.2, 0.25) is 5.91 Å². The van der Waals surface area contributed by atoms with Gasteiger partial charge >= 0.3 is 6.09 Å². The maximum atomic E-state index is 12.3. The number of nitrogens with zero attached hydrogens (tertiary/aromatic N) is 3. The van der Waals surface area contributed by atoms with Gasteiger partial charge in [-0.25, -0.2) is 4.79 Å². The summed E-state index contributed by atoms with van der Waals surface area (Å²) in [6, 6.07) is 1.97. The fourth-order valence-corrected chi connectivity index (χ4v) is 3.09. The molecule has 2 saturated heterocycles. The van der Waals surface area contributed by atoms with Gasteiger partial charge in [0.1, 0.15) is 5.76 Å². The summed E-state index contributed by atoms with van der Waals surface area (Å²) in [5.74, 6) is 0.653. The minimum atomic E-state index is -0.215. The highest BCUT2D eigenvalue weighted by Gasteiger charge is 2.32. The van der Waals surface area contributed by atoms with Gasteiger partial charge in [0, 0.05) is 31.7 Å². The number of ether oxygens (including phenoxy) is 1. The lowest BCUT2D eigenvalue weighted by molar-refractivity contribution is -0.132. The van der Waals surface area contributed by atoms with Crippen LogP contribution in [0.4, 0.5) is 4.79 Å². The van der Waals surface area contributed by atoms with Gasteiger partial charge in [-0.2, -0.15) is 0 Å². The van der Waals surface area contributed by atoms with Crippen LogP contribution < -0.4 is 0 Å². The van der Waals surface area contributed by atoms with E-state index in [4.69, 9.17) is 9.26 Å². The van der Waals surface area contributed by atoms with Crippen LogP contribution in [0.1, 0.15) is 30.7 Å². The number of rotatable bonds is 3. The highest BCUT2D eigenvalue weighted by Crippen LogP contribution is 2.20. The maximum Gasteiger partial charge on any atom is 0.410 e. The Kier molecular flexibility index (Phi) is 4.31. The Bertz CT molecular complexity index is 549. The van der Waals surface area contributed by atoms with Crippen LogP contribution in [0, 0.1) is 6.92 Å². The Morgan fingerprint density at radius 1 is 1.36 bits per heavy atom. The molecule has 0 unspecified atom stereocenters. The summed E-state index contributed by atoms with van der Waals surface area (Å²) in [4.78, 5) is 27.7. The standard InChI is InChI=1S/C15H21N3O4/c1-11-9-13(22-16-11)10-14(19)17-6-3-12(4-7-17)18-5-2-8-21-15(18)20/h9,12H,2-8,10H2,1H3.